The Bertz CT molecular complexity index is 233. The Hall–Kier alpha value is -0.0800. The molecule has 1 saturated heterocycles. The number of nitrogens with zero attached hydrogens (tertiary/aromatic N) is 1. The molecule has 2 atom stereocenters. The van der Waals surface area contributed by atoms with Crippen LogP contribution in [-0.4, -0.2) is 36.6 Å². The molecule has 0 radical (unpaired) electrons. The fraction of sp³-hybridized carbons (Fsp3) is 1.00. The van der Waals surface area contributed by atoms with Crippen LogP contribution in [0.1, 0.15) is 59.3 Å². The molecule has 0 aromatic heterocycles. The first-order chi connectivity index (χ1) is 8.65. The maximum absolute atomic E-state index is 3.74. The van der Waals surface area contributed by atoms with E-state index in [0.717, 1.165) is 23.9 Å². The van der Waals surface area contributed by atoms with Crippen molar-refractivity contribution < 1.29 is 0 Å². The first-order valence-corrected chi connectivity index (χ1v) is 8.12. The zero-order chi connectivity index (χ0) is 13.0. The Balaban J connectivity index is 1.87. The molecule has 2 aliphatic rings. The molecule has 1 heterocycles. The molecule has 2 nitrogen and oxygen atoms in total. The van der Waals surface area contributed by atoms with E-state index >= 15 is 0 Å². The SMILES string of the molecule is CC(C)CN(CC1CC(C)CCN1)C1CCCC1. The van der Waals surface area contributed by atoms with Crippen molar-refractivity contribution in [1.82, 2.24) is 10.2 Å². The van der Waals surface area contributed by atoms with E-state index in [4.69, 9.17) is 0 Å². The molecule has 18 heavy (non-hydrogen) atoms. The molecule has 1 aliphatic carbocycles. The number of piperidine rings is 1. The van der Waals surface area contributed by atoms with Gasteiger partial charge in [-0.1, -0.05) is 33.6 Å². The van der Waals surface area contributed by atoms with Crippen molar-refractivity contribution >= 4 is 0 Å². The van der Waals surface area contributed by atoms with Gasteiger partial charge in [-0.2, -0.15) is 0 Å². The predicted molar refractivity (Wildman–Crippen MR) is 78.9 cm³/mol. The maximum Gasteiger partial charge on any atom is 0.0197 e. The lowest BCUT2D eigenvalue weighted by Crippen LogP contribution is -2.49. The normalized spacial score (nSPS) is 30.5. The minimum Gasteiger partial charge on any atom is -0.313 e. The summed E-state index contributed by atoms with van der Waals surface area (Å²) < 4.78 is 0. The Kier molecular flexibility index (Phi) is 5.50. The minimum absolute atomic E-state index is 0.744. The van der Waals surface area contributed by atoms with Crippen LogP contribution in [0, 0.1) is 11.8 Å². The van der Waals surface area contributed by atoms with E-state index in [1.165, 1.54) is 58.2 Å². The lowest BCUT2D eigenvalue weighted by molar-refractivity contribution is 0.142. The Labute approximate surface area is 114 Å². The van der Waals surface area contributed by atoms with Gasteiger partial charge < -0.3 is 5.32 Å². The van der Waals surface area contributed by atoms with Crippen molar-refractivity contribution in [3.05, 3.63) is 0 Å². The molecule has 0 amide bonds. The topological polar surface area (TPSA) is 15.3 Å². The highest BCUT2D eigenvalue weighted by atomic mass is 15.2. The van der Waals surface area contributed by atoms with Gasteiger partial charge in [0.1, 0.15) is 0 Å². The first-order valence-electron chi connectivity index (χ1n) is 8.12. The molecular weight excluding hydrogens is 220 g/mol. The van der Waals surface area contributed by atoms with Crippen LogP contribution in [0.2, 0.25) is 0 Å². The van der Waals surface area contributed by atoms with E-state index in [-0.39, 0.29) is 0 Å². The summed E-state index contributed by atoms with van der Waals surface area (Å²) in [4.78, 5) is 2.80. The van der Waals surface area contributed by atoms with Gasteiger partial charge in [-0.25, -0.2) is 0 Å². The van der Waals surface area contributed by atoms with Crippen molar-refractivity contribution in [2.24, 2.45) is 11.8 Å². The minimum atomic E-state index is 0.744. The van der Waals surface area contributed by atoms with E-state index in [0.29, 0.717) is 0 Å². The zero-order valence-electron chi connectivity index (χ0n) is 12.6. The summed E-state index contributed by atoms with van der Waals surface area (Å²) in [6, 6.07) is 1.62. The van der Waals surface area contributed by atoms with E-state index in [1.807, 2.05) is 0 Å². The summed E-state index contributed by atoms with van der Waals surface area (Å²) >= 11 is 0. The summed E-state index contributed by atoms with van der Waals surface area (Å²) in [6.07, 6.45) is 8.52. The van der Waals surface area contributed by atoms with Crippen molar-refractivity contribution in [2.45, 2.75) is 71.4 Å². The lowest BCUT2D eigenvalue weighted by atomic mass is 9.93. The van der Waals surface area contributed by atoms with Gasteiger partial charge in [0.25, 0.3) is 0 Å². The summed E-state index contributed by atoms with van der Waals surface area (Å²) in [5, 5.41) is 3.74. The zero-order valence-corrected chi connectivity index (χ0v) is 12.6. The first kappa shape index (κ1) is 14.3. The third-order valence-electron chi connectivity index (χ3n) is 4.65. The number of hydrogen-bond acceptors (Lipinski definition) is 2. The van der Waals surface area contributed by atoms with Crippen LogP contribution < -0.4 is 5.32 Å². The summed E-state index contributed by atoms with van der Waals surface area (Å²) in [5.74, 6) is 1.72. The second-order valence-corrected chi connectivity index (χ2v) is 7.07. The Morgan fingerprint density at radius 3 is 2.50 bits per heavy atom. The maximum atomic E-state index is 3.74. The molecule has 1 aliphatic heterocycles. The average molecular weight is 252 g/mol. The summed E-state index contributed by atoms with van der Waals surface area (Å²) in [7, 11) is 0. The van der Waals surface area contributed by atoms with Crippen molar-refractivity contribution in [3.8, 4) is 0 Å². The van der Waals surface area contributed by atoms with Crippen molar-refractivity contribution in [2.75, 3.05) is 19.6 Å². The van der Waals surface area contributed by atoms with Gasteiger partial charge >= 0.3 is 0 Å². The second-order valence-electron chi connectivity index (χ2n) is 7.07. The molecule has 2 unspecified atom stereocenters. The van der Waals surface area contributed by atoms with Gasteiger partial charge in [-0.3, -0.25) is 4.90 Å². The van der Waals surface area contributed by atoms with Crippen molar-refractivity contribution in [3.63, 3.8) is 0 Å². The van der Waals surface area contributed by atoms with E-state index < -0.39 is 0 Å². The average Bonchev–Trinajstić information content (AvgIpc) is 2.80. The van der Waals surface area contributed by atoms with Gasteiger partial charge in [0.05, 0.1) is 0 Å². The Morgan fingerprint density at radius 2 is 1.89 bits per heavy atom. The monoisotopic (exact) mass is 252 g/mol. The van der Waals surface area contributed by atoms with E-state index in [2.05, 4.69) is 31.0 Å². The summed E-state index contributed by atoms with van der Waals surface area (Å²) in [5.41, 5.74) is 0. The molecule has 106 valence electrons. The van der Waals surface area contributed by atoms with Crippen LogP contribution in [0.15, 0.2) is 0 Å². The molecular formula is C16H32N2. The van der Waals surface area contributed by atoms with Crippen LogP contribution in [0.5, 0.6) is 0 Å². The third kappa shape index (κ3) is 4.24. The van der Waals surface area contributed by atoms with Crippen LogP contribution in [0.25, 0.3) is 0 Å². The lowest BCUT2D eigenvalue weighted by Gasteiger charge is -2.37. The molecule has 2 fully saturated rings. The van der Waals surface area contributed by atoms with Crippen molar-refractivity contribution in [1.29, 1.82) is 0 Å². The smallest absolute Gasteiger partial charge is 0.0197 e. The van der Waals surface area contributed by atoms with Crippen LogP contribution in [0.4, 0.5) is 0 Å². The van der Waals surface area contributed by atoms with Gasteiger partial charge in [-0.05, 0) is 44.1 Å². The number of hydrogen-bond donors (Lipinski definition) is 1. The highest BCUT2D eigenvalue weighted by Gasteiger charge is 2.27. The fourth-order valence-corrected chi connectivity index (χ4v) is 3.75. The third-order valence-corrected chi connectivity index (χ3v) is 4.65. The second kappa shape index (κ2) is 6.91. The molecule has 2 rings (SSSR count). The van der Waals surface area contributed by atoms with E-state index in [9.17, 15) is 0 Å². The largest absolute Gasteiger partial charge is 0.313 e. The highest BCUT2D eigenvalue weighted by molar-refractivity contribution is 4.84. The van der Waals surface area contributed by atoms with Crippen LogP contribution in [0.3, 0.4) is 0 Å². The molecule has 1 N–H and O–H groups in total. The number of rotatable bonds is 5. The quantitative estimate of drug-likeness (QED) is 0.808. The fourth-order valence-electron chi connectivity index (χ4n) is 3.75. The van der Waals surface area contributed by atoms with Gasteiger partial charge in [0.2, 0.25) is 0 Å². The standard InChI is InChI=1S/C16H32N2/c1-13(2)11-18(16-6-4-5-7-16)12-15-10-14(3)8-9-17-15/h13-17H,4-12H2,1-3H3. The Morgan fingerprint density at radius 1 is 1.17 bits per heavy atom. The van der Waals surface area contributed by atoms with Gasteiger partial charge in [0, 0.05) is 25.2 Å². The van der Waals surface area contributed by atoms with E-state index in [1.54, 1.807) is 0 Å². The summed E-state index contributed by atoms with van der Waals surface area (Å²) in [6.45, 7) is 10.9. The molecule has 1 saturated carbocycles. The molecule has 0 aromatic rings. The van der Waals surface area contributed by atoms with Crippen LogP contribution >= 0.6 is 0 Å². The van der Waals surface area contributed by atoms with Gasteiger partial charge in [0.15, 0.2) is 0 Å². The van der Waals surface area contributed by atoms with Crippen LogP contribution in [-0.2, 0) is 0 Å². The highest BCUT2D eigenvalue weighted by Crippen LogP contribution is 2.25. The predicted octanol–water partition coefficient (Wildman–Crippen LogP) is 3.28. The molecule has 0 spiro atoms. The van der Waals surface area contributed by atoms with Gasteiger partial charge in [-0.15, -0.1) is 0 Å². The molecule has 2 heteroatoms. The molecule has 0 aromatic carbocycles. The number of nitrogens with one attached hydrogen (secondary N) is 1. The molecule has 0 bridgehead atoms.